The van der Waals surface area contributed by atoms with Crippen molar-refractivity contribution in [2.24, 2.45) is 0 Å². The fourth-order valence-electron chi connectivity index (χ4n) is 8.35. The van der Waals surface area contributed by atoms with Crippen molar-refractivity contribution in [2.45, 2.75) is 12.3 Å². The summed E-state index contributed by atoms with van der Waals surface area (Å²) in [4.78, 5) is 0. The van der Waals surface area contributed by atoms with Crippen molar-refractivity contribution >= 4 is 59.8 Å². The molecule has 1 aliphatic rings. The molecule has 0 saturated heterocycles. The molecule has 0 radical (unpaired) electrons. The van der Waals surface area contributed by atoms with E-state index < -0.39 is 0 Å². The lowest BCUT2D eigenvalue weighted by atomic mass is 9.81. The third kappa shape index (κ3) is 3.84. The van der Waals surface area contributed by atoms with Crippen LogP contribution in [0.4, 0.5) is 0 Å². The molecule has 0 aliphatic heterocycles. The van der Waals surface area contributed by atoms with Crippen LogP contribution in [0.5, 0.6) is 0 Å². The minimum atomic E-state index is 0.335. The first-order valence-electron chi connectivity index (χ1n) is 16.6. The predicted octanol–water partition coefficient (Wildman–Crippen LogP) is 12.3. The Morgan fingerprint density at radius 3 is 1.87 bits per heavy atom. The highest BCUT2D eigenvalue weighted by atomic mass is 15.0. The number of fused-ring (bicyclic) bond motifs is 11. The van der Waals surface area contributed by atoms with Gasteiger partial charge >= 0.3 is 0 Å². The lowest BCUT2D eigenvalue weighted by Crippen LogP contribution is -2.12. The molecule has 1 atom stereocenters. The average Bonchev–Trinajstić information content (AvgIpc) is 3.50. The van der Waals surface area contributed by atoms with Crippen LogP contribution in [0, 0.1) is 0 Å². The first-order chi connectivity index (χ1) is 23.4. The van der Waals surface area contributed by atoms with E-state index >= 15 is 0 Å². The Balaban J connectivity index is 1.37. The summed E-state index contributed by atoms with van der Waals surface area (Å²) in [5, 5.41) is 10.4. The summed E-state index contributed by atoms with van der Waals surface area (Å²) in [5.41, 5.74) is 10.4. The molecular formula is C46H31N. The number of hydrogen-bond donors (Lipinski definition) is 0. The van der Waals surface area contributed by atoms with Crippen LogP contribution in [0.25, 0.3) is 70.9 Å². The zero-order valence-corrected chi connectivity index (χ0v) is 25.9. The van der Waals surface area contributed by atoms with Gasteiger partial charge in [0.15, 0.2) is 0 Å². The van der Waals surface area contributed by atoms with Crippen LogP contribution in [-0.4, -0.2) is 4.57 Å². The summed E-state index contributed by atoms with van der Waals surface area (Å²) >= 11 is 0. The van der Waals surface area contributed by atoms with E-state index in [9.17, 15) is 0 Å². The Kier molecular flexibility index (Phi) is 5.77. The molecule has 0 bridgehead atoms. The van der Waals surface area contributed by atoms with Gasteiger partial charge in [-0.1, -0.05) is 158 Å². The van der Waals surface area contributed by atoms with E-state index in [0.717, 1.165) is 6.42 Å². The minimum absolute atomic E-state index is 0.335. The second-order valence-electron chi connectivity index (χ2n) is 12.8. The molecule has 1 nitrogen and oxygen atoms in total. The summed E-state index contributed by atoms with van der Waals surface area (Å²) in [7, 11) is 0. The lowest BCUT2D eigenvalue weighted by Gasteiger charge is -2.27. The van der Waals surface area contributed by atoms with E-state index in [1.807, 2.05) is 0 Å². The van der Waals surface area contributed by atoms with Crippen molar-refractivity contribution in [1.29, 1.82) is 0 Å². The van der Waals surface area contributed by atoms with Crippen LogP contribution in [0.15, 0.2) is 170 Å². The Hall–Kier alpha value is -5.92. The number of rotatable bonds is 3. The highest BCUT2D eigenvalue weighted by Crippen LogP contribution is 2.49. The number of hydrogen-bond acceptors (Lipinski definition) is 0. The average molecular weight is 598 g/mol. The summed E-state index contributed by atoms with van der Waals surface area (Å²) in [6.07, 6.45) is 3.45. The molecule has 47 heavy (non-hydrogen) atoms. The van der Waals surface area contributed by atoms with Gasteiger partial charge in [0.1, 0.15) is 0 Å². The van der Waals surface area contributed by atoms with Crippen molar-refractivity contribution in [1.82, 2.24) is 4.57 Å². The topological polar surface area (TPSA) is 4.93 Å². The van der Waals surface area contributed by atoms with Gasteiger partial charge in [-0.25, -0.2) is 0 Å². The standard InChI is InChI=1S/C46H31N/c1-3-15-30(16-4-1)32-27-28-43(36-22-10-7-19-33(32)36)47-42-26-14-13-25-39(42)45-44-37-23-11-8-20-34(37)40(31-17-5-2-6-18-31)29-41(44)35-21-9-12-24-38(35)46(45)47/h1-26,28-29,32H,27H2. The zero-order chi connectivity index (χ0) is 30.9. The smallest absolute Gasteiger partial charge is 0.0626 e. The molecule has 1 unspecified atom stereocenters. The second kappa shape index (κ2) is 10.3. The van der Waals surface area contributed by atoms with Gasteiger partial charge < -0.3 is 4.57 Å². The summed E-state index contributed by atoms with van der Waals surface area (Å²) in [6, 6.07) is 60.4. The van der Waals surface area contributed by atoms with Crippen LogP contribution >= 0.6 is 0 Å². The number of para-hydroxylation sites is 1. The number of benzene rings is 8. The molecule has 10 rings (SSSR count). The highest BCUT2D eigenvalue weighted by Gasteiger charge is 2.27. The van der Waals surface area contributed by atoms with Crippen LogP contribution in [0.1, 0.15) is 29.0 Å². The largest absolute Gasteiger partial charge is 0.308 e. The molecule has 0 fully saturated rings. The first-order valence-corrected chi connectivity index (χ1v) is 16.6. The predicted molar refractivity (Wildman–Crippen MR) is 200 cm³/mol. The van der Waals surface area contributed by atoms with Crippen molar-refractivity contribution < 1.29 is 0 Å². The van der Waals surface area contributed by atoms with Gasteiger partial charge in [-0.3, -0.25) is 0 Å². The third-order valence-corrected chi connectivity index (χ3v) is 10.3. The Morgan fingerprint density at radius 2 is 1.06 bits per heavy atom. The van der Waals surface area contributed by atoms with E-state index in [1.54, 1.807) is 0 Å². The Morgan fingerprint density at radius 1 is 0.447 bits per heavy atom. The molecule has 0 saturated carbocycles. The van der Waals surface area contributed by atoms with Crippen molar-refractivity contribution in [2.75, 3.05) is 0 Å². The Labute approximate surface area is 273 Å². The second-order valence-corrected chi connectivity index (χ2v) is 12.8. The number of nitrogens with zero attached hydrogens (tertiary/aromatic N) is 1. The van der Waals surface area contributed by atoms with E-state index in [4.69, 9.17) is 0 Å². The zero-order valence-electron chi connectivity index (χ0n) is 25.9. The van der Waals surface area contributed by atoms with E-state index in [0.29, 0.717) is 5.92 Å². The van der Waals surface area contributed by atoms with Crippen LogP contribution < -0.4 is 0 Å². The van der Waals surface area contributed by atoms with Gasteiger partial charge in [0.05, 0.1) is 11.0 Å². The molecule has 1 aromatic heterocycles. The van der Waals surface area contributed by atoms with Gasteiger partial charge in [0.25, 0.3) is 0 Å². The monoisotopic (exact) mass is 597 g/mol. The van der Waals surface area contributed by atoms with E-state index in [1.165, 1.54) is 87.6 Å². The van der Waals surface area contributed by atoms with Crippen LogP contribution in [-0.2, 0) is 0 Å². The number of aromatic nitrogens is 1. The molecule has 0 N–H and O–H groups in total. The molecule has 1 aliphatic carbocycles. The maximum atomic E-state index is 2.58. The molecule has 9 aromatic rings. The van der Waals surface area contributed by atoms with Gasteiger partial charge in [-0.05, 0) is 62.4 Å². The fraction of sp³-hybridized carbons (Fsp3) is 0.0435. The van der Waals surface area contributed by atoms with Crippen molar-refractivity contribution in [3.05, 3.63) is 187 Å². The van der Waals surface area contributed by atoms with Crippen molar-refractivity contribution in [3.8, 4) is 11.1 Å². The van der Waals surface area contributed by atoms with Gasteiger partial charge in [0.2, 0.25) is 0 Å². The molecule has 1 heteroatoms. The van der Waals surface area contributed by atoms with Gasteiger partial charge in [-0.2, -0.15) is 0 Å². The molecular weight excluding hydrogens is 567 g/mol. The van der Waals surface area contributed by atoms with Crippen LogP contribution in [0.3, 0.4) is 0 Å². The third-order valence-electron chi connectivity index (χ3n) is 10.3. The Bertz CT molecular complexity index is 2690. The summed E-state index contributed by atoms with van der Waals surface area (Å²) in [5.74, 6) is 0.335. The summed E-state index contributed by atoms with van der Waals surface area (Å²) < 4.78 is 2.58. The molecule has 220 valence electrons. The summed E-state index contributed by atoms with van der Waals surface area (Å²) in [6.45, 7) is 0. The molecule has 0 amide bonds. The minimum Gasteiger partial charge on any atom is -0.308 e. The molecule has 0 spiro atoms. The van der Waals surface area contributed by atoms with Gasteiger partial charge in [0, 0.05) is 38.7 Å². The maximum absolute atomic E-state index is 2.58. The van der Waals surface area contributed by atoms with Crippen LogP contribution in [0.2, 0.25) is 0 Å². The lowest BCUT2D eigenvalue weighted by molar-refractivity contribution is 0.808. The SMILES string of the molecule is C1=C(n2c3ccccc3c3c4c5ccccc5c(-c5ccccc5)cc4c4ccccc4c32)c2ccccc2C(c2ccccc2)C1. The number of allylic oxidation sites excluding steroid dienone is 1. The first kappa shape index (κ1) is 26.3. The van der Waals surface area contributed by atoms with Crippen molar-refractivity contribution in [3.63, 3.8) is 0 Å². The molecule has 8 aromatic carbocycles. The normalized spacial score (nSPS) is 14.6. The fourth-order valence-corrected chi connectivity index (χ4v) is 8.35. The van der Waals surface area contributed by atoms with E-state index in [2.05, 4.69) is 174 Å². The molecule has 1 heterocycles. The quantitative estimate of drug-likeness (QED) is 0.179. The highest BCUT2D eigenvalue weighted by molar-refractivity contribution is 6.38. The van der Waals surface area contributed by atoms with E-state index in [-0.39, 0.29) is 0 Å². The maximum Gasteiger partial charge on any atom is 0.0626 e. The van der Waals surface area contributed by atoms with Gasteiger partial charge in [-0.15, -0.1) is 0 Å².